The molecule has 140 valence electrons. The van der Waals surface area contributed by atoms with E-state index in [0.29, 0.717) is 5.95 Å². The second-order valence-corrected chi connectivity index (χ2v) is 6.87. The maximum absolute atomic E-state index is 4.65. The van der Waals surface area contributed by atoms with Crippen molar-refractivity contribution in [2.75, 3.05) is 29.6 Å². The van der Waals surface area contributed by atoms with Crippen molar-refractivity contribution in [3.63, 3.8) is 0 Å². The molecule has 3 rings (SSSR count). The smallest absolute Gasteiger partial charge is 0.229 e. The third kappa shape index (κ3) is 4.56. The van der Waals surface area contributed by atoms with Gasteiger partial charge in [0.1, 0.15) is 5.82 Å². The molecule has 0 bridgehead atoms. The number of para-hydroxylation sites is 1. The summed E-state index contributed by atoms with van der Waals surface area (Å²) in [6.45, 7) is 6.23. The largest absolute Gasteiger partial charge is 0.378 e. The van der Waals surface area contributed by atoms with Gasteiger partial charge in [-0.2, -0.15) is 4.98 Å². The molecule has 0 aliphatic rings. The van der Waals surface area contributed by atoms with Gasteiger partial charge in [-0.25, -0.2) is 4.98 Å². The lowest BCUT2D eigenvalue weighted by Crippen LogP contribution is -2.08. The summed E-state index contributed by atoms with van der Waals surface area (Å²) in [6, 6.07) is 16.5. The first-order valence-corrected chi connectivity index (χ1v) is 9.22. The molecule has 0 aliphatic heterocycles. The van der Waals surface area contributed by atoms with E-state index in [1.807, 2.05) is 27.1 Å². The van der Waals surface area contributed by atoms with Crippen LogP contribution in [0.25, 0.3) is 0 Å². The second-order valence-electron chi connectivity index (χ2n) is 6.87. The summed E-state index contributed by atoms with van der Waals surface area (Å²) in [5, 5.41) is 6.78. The van der Waals surface area contributed by atoms with Gasteiger partial charge < -0.3 is 15.5 Å². The Labute approximate surface area is 161 Å². The van der Waals surface area contributed by atoms with Crippen LogP contribution >= 0.6 is 0 Å². The van der Waals surface area contributed by atoms with Crippen molar-refractivity contribution >= 4 is 28.8 Å². The van der Waals surface area contributed by atoms with E-state index in [4.69, 9.17) is 0 Å². The molecule has 27 heavy (non-hydrogen) atoms. The number of hydrogen-bond acceptors (Lipinski definition) is 5. The molecule has 0 fully saturated rings. The first kappa shape index (κ1) is 18.7. The zero-order valence-electron chi connectivity index (χ0n) is 16.7. The van der Waals surface area contributed by atoms with Crippen LogP contribution in [0.1, 0.15) is 23.7 Å². The third-order valence-corrected chi connectivity index (χ3v) is 4.49. The van der Waals surface area contributed by atoms with Gasteiger partial charge in [-0.15, -0.1) is 0 Å². The standard InChI is InChI=1S/C22H27N5/c1-6-17-9-7-8-15(2)21(17)26-22-23-16(3)14-20(25-22)24-18-10-12-19(13-11-18)27(4)5/h7-14H,6H2,1-5H3,(H2,23,24,25,26). The molecule has 0 radical (unpaired) electrons. The molecule has 5 heteroatoms. The Kier molecular flexibility index (Phi) is 5.60. The Morgan fingerprint density at radius 2 is 1.67 bits per heavy atom. The summed E-state index contributed by atoms with van der Waals surface area (Å²) in [5.74, 6) is 1.38. The maximum Gasteiger partial charge on any atom is 0.229 e. The number of benzene rings is 2. The molecule has 2 aromatic carbocycles. The number of nitrogens with one attached hydrogen (secondary N) is 2. The molecule has 0 saturated heterocycles. The van der Waals surface area contributed by atoms with E-state index in [9.17, 15) is 0 Å². The Morgan fingerprint density at radius 1 is 0.926 bits per heavy atom. The van der Waals surface area contributed by atoms with Crippen molar-refractivity contribution in [2.45, 2.75) is 27.2 Å². The molecular formula is C22H27N5. The van der Waals surface area contributed by atoms with Gasteiger partial charge in [-0.1, -0.05) is 25.1 Å². The van der Waals surface area contributed by atoms with Crippen molar-refractivity contribution in [1.82, 2.24) is 9.97 Å². The minimum atomic E-state index is 0.603. The van der Waals surface area contributed by atoms with E-state index in [1.165, 1.54) is 11.1 Å². The van der Waals surface area contributed by atoms with Gasteiger partial charge in [0.15, 0.2) is 0 Å². The minimum Gasteiger partial charge on any atom is -0.378 e. The van der Waals surface area contributed by atoms with Crippen LogP contribution in [0.4, 0.5) is 28.8 Å². The molecule has 3 aromatic rings. The monoisotopic (exact) mass is 361 g/mol. The average molecular weight is 361 g/mol. The van der Waals surface area contributed by atoms with E-state index < -0.39 is 0 Å². The highest BCUT2D eigenvalue weighted by Crippen LogP contribution is 2.25. The summed E-state index contributed by atoms with van der Waals surface area (Å²) >= 11 is 0. The summed E-state index contributed by atoms with van der Waals surface area (Å²) in [4.78, 5) is 11.3. The van der Waals surface area contributed by atoms with Gasteiger partial charge in [0, 0.05) is 42.9 Å². The van der Waals surface area contributed by atoms with Gasteiger partial charge in [-0.3, -0.25) is 0 Å². The SMILES string of the molecule is CCc1cccc(C)c1Nc1nc(C)cc(Nc2ccc(N(C)C)cc2)n1. The summed E-state index contributed by atoms with van der Waals surface area (Å²) < 4.78 is 0. The molecule has 0 aliphatic carbocycles. The van der Waals surface area contributed by atoms with Crippen LogP contribution in [-0.2, 0) is 6.42 Å². The van der Waals surface area contributed by atoms with E-state index >= 15 is 0 Å². The lowest BCUT2D eigenvalue weighted by atomic mass is 10.1. The Bertz CT molecular complexity index is 916. The zero-order chi connectivity index (χ0) is 19.4. The molecule has 0 unspecified atom stereocenters. The zero-order valence-corrected chi connectivity index (χ0v) is 16.7. The van der Waals surface area contributed by atoms with Gasteiger partial charge in [-0.05, 0) is 55.7 Å². The van der Waals surface area contributed by atoms with Crippen molar-refractivity contribution in [3.8, 4) is 0 Å². The number of anilines is 5. The van der Waals surface area contributed by atoms with Crippen LogP contribution in [0.3, 0.4) is 0 Å². The molecule has 1 heterocycles. The lowest BCUT2D eigenvalue weighted by molar-refractivity contribution is 1.09. The number of rotatable bonds is 6. The van der Waals surface area contributed by atoms with E-state index in [1.54, 1.807) is 0 Å². The molecule has 5 nitrogen and oxygen atoms in total. The third-order valence-electron chi connectivity index (χ3n) is 4.49. The lowest BCUT2D eigenvalue weighted by Gasteiger charge is -2.15. The van der Waals surface area contributed by atoms with E-state index in [2.05, 4.69) is 81.8 Å². The van der Waals surface area contributed by atoms with Gasteiger partial charge in [0.2, 0.25) is 5.95 Å². The Balaban J connectivity index is 1.84. The quantitative estimate of drug-likeness (QED) is 0.631. The Morgan fingerprint density at radius 3 is 2.33 bits per heavy atom. The second kappa shape index (κ2) is 8.08. The first-order valence-electron chi connectivity index (χ1n) is 9.22. The average Bonchev–Trinajstić information content (AvgIpc) is 2.63. The van der Waals surface area contributed by atoms with Crippen molar-refractivity contribution in [2.24, 2.45) is 0 Å². The van der Waals surface area contributed by atoms with Crippen LogP contribution in [0.2, 0.25) is 0 Å². The number of nitrogens with zero attached hydrogens (tertiary/aromatic N) is 3. The maximum atomic E-state index is 4.65. The highest BCUT2D eigenvalue weighted by atomic mass is 15.1. The fourth-order valence-electron chi connectivity index (χ4n) is 2.99. The fraction of sp³-hybridized carbons (Fsp3) is 0.273. The molecular weight excluding hydrogens is 334 g/mol. The van der Waals surface area contributed by atoms with Crippen LogP contribution in [0.5, 0.6) is 0 Å². The van der Waals surface area contributed by atoms with E-state index in [-0.39, 0.29) is 0 Å². The summed E-state index contributed by atoms with van der Waals surface area (Å²) in [5.41, 5.74) is 6.60. The first-order chi connectivity index (χ1) is 13.0. The van der Waals surface area contributed by atoms with E-state index in [0.717, 1.165) is 35.0 Å². The number of hydrogen-bond donors (Lipinski definition) is 2. The molecule has 0 amide bonds. The van der Waals surface area contributed by atoms with Crippen LogP contribution < -0.4 is 15.5 Å². The van der Waals surface area contributed by atoms with Gasteiger partial charge >= 0.3 is 0 Å². The highest BCUT2D eigenvalue weighted by molar-refractivity contribution is 5.66. The highest BCUT2D eigenvalue weighted by Gasteiger charge is 2.08. The summed E-state index contributed by atoms with van der Waals surface area (Å²) in [7, 11) is 4.06. The molecule has 0 saturated carbocycles. The number of aryl methyl sites for hydroxylation is 3. The molecule has 2 N–H and O–H groups in total. The molecule has 0 atom stereocenters. The van der Waals surface area contributed by atoms with Crippen molar-refractivity contribution in [1.29, 1.82) is 0 Å². The van der Waals surface area contributed by atoms with Crippen LogP contribution in [-0.4, -0.2) is 24.1 Å². The minimum absolute atomic E-state index is 0.603. The van der Waals surface area contributed by atoms with Crippen LogP contribution in [0.15, 0.2) is 48.5 Å². The number of aromatic nitrogens is 2. The predicted molar refractivity (Wildman–Crippen MR) is 115 cm³/mol. The Hall–Kier alpha value is -3.08. The molecule has 1 aromatic heterocycles. The molecule has 0 spiro atoms. The van der Waals surface area contributed by atoms with Crippen LogP contribution in [0, 0.1) is 13.8 Å². The van der Waals surface area contributed by atoms with Crippen molar-refractivity contribution < 1.29 is 0 Å². The predicted octanol–water partition coefficient (Wildman–Crippen LogP) is 5.21. The van der Waals surface area contributed by atoms with Gasteiger partial charge in [0.05, 0.1) is 0 Å². The normalized spacial score (nSPS) is 10.6. The van der Waals surface area contributed by atoms with Gasteiger partial charge in [0.25, 0.3) is 0 Å². The topological polar surface area (TPSA) is 53.1 Å². The van der Waals surface area contributed by atoms with Crippen molar-refractivity contribution in [3.05, 3.63) is 65.4 Å². The summed E-state index contributed by atoms with van der Waals surface area (Å²) in [6.07, 6.45) is 0.957. The fourth-order valence-corrected chi connectivity index (χ4v) is 2.99.